The van der Waals surface area contributed by atoms with E-state index in [-0.39, 0.29) is 24.6 Å². The largest absolute Gasteiger partial charge is 0.416 e. The van der Waals surface area contributed by atoms with Gasteiger partial charge in [-0.1, -0.05) is 54.6 Å². The molecule has 2 heterocycles. The van der Waals surface area contributed by atoms with Crippen LogP contribution in [0.15, 0.2) is 72.8 Å². The molecule has 2 aliphatic rings. The second kappa shape index (κ2) is 9.41. The summed E-state index contributed by atoms with van der Waals surface area (Å²) in [5.41, 5.74) is 1.60. The van der Waals surface area contributed by atoms with Crippen LogP contribution in [0, 0.1) is 11.7 Å². The average molecular weight is 497 g/mol. The molecule has 2 unspecified atom stereocenters. The number of hydrogen-bond acceptors (Lipinski definition) is 2. The molecule has 0 radical (unpaired) electrons. The number of nitrogens with zero attached hydrogens (tertiary/aromatic N) is 2. The van der Waals surface area contributed by atoms with E-state index in [1.807, 2.05) is 24.3 Å². The summed E-state index contributed by atoms with van der Waals surface area (Å²) in [6.45, 7) is 0.922. The number of carbonyl (C=O) groups excluding carboxylic acids is 2. The van der Waals surface area contributed by atoms with E-state index in [2.05, 4.69) is 0 Å². The molecule has 0 bridgehead atoms. The Balaban J connectivity index is 1.47. The molecular weight excluding hydrogens is 472 g/mol. The van der Waals surface area contributed by atoms with Gasteiger partial charge in [-0.25, -0.2) is 4.39 Å². The van der Waals surface area contributed by atoms with Crippen molar-refractivity contribution in [1.29, 1.82) is 0 Å². The molecule has 0 aliphatic carbocycles. The molecule has 2 amide bonds. The smallest absolute Gasteiger partial charge is 0.338 e. The summed E-state index contributed by atoms with van der Waals surface area (Å²) in [6.07, 6.45) is -3.85. The van der Waals surface area contributed by atoms with Crippen LogP contribution >= 0.6 is 0 Å². The van der Waals surface area contributed by atoms with Crippen molar-refractivity contribution in [2.45, 2.75) is 25.1 Å². The van der Waals surface area contributed by atoms with Crippen molar-refractivity contribution in [3.8, 4) is 0 Å². The topological polar surface area (TPSA) is 40.6 Å². The quantitative estimate of drug-likeness (QED) is 0.463. The van der Waals surface area contributed by atoms with Crippen molar-refractivity contribution in [2.75, 3.05) is 19.6 Å². The van der Waals surface area contributed by atoms with E-state index in [4.69, 9.17) is 0 Å². The molecule has 1 saturated heterocycles. The van der Waals surface area contributed by atoms with Gasteiger partial charge in [-0.15, -0.1) is 0 Å². The normalized spacial score (nSPS) is 19.8. The summed E-state index contributed by atoms with van der Waals surface area (Å²) in [5.74, 6) is -2.86. The van der Waals surface area contributed by atoms with E-state index >= 15 is 0 Å². The molecule has 0 aromatic heterocycles. The highest BCUT2D eigenvalue weighted by Crippen LogP contribution is 2.38. The fourth-order valence-electron chi connectivity index (χ4n) is 5.23. The number of hydrogen-bond donors (Lipinski definition) is 0. The number of rotatable bonds is 3. The third-order valence-corrected chi connectivity index (χ3v) is 7.11. The van der Waals surface area contributed by atoms with Crippen LogP contribution in [0.25, 0.3) is 0 Å². The van der Waals surface area contributed by atoms with Crippen LogP contribution in [0.2, 0.25) is 0 Å². The molecule has 186 valence electrons. The van der Waals surface area contributed by atoms with Gasteiger partial charge in [-0.3, -0.25) is 9.59 Å². The summed E-state index contributed by atoms with van der Waals surface area (Å²) in [7, 11) is 0. The third-order valence-electron chi connectivity index (χ3n) is 7.11. The highest BCUT2D eigenvalue weighted by Gasteiger charge is 2.43. The Labute approximate surface area is 206 Å². The Morgan fingerprint density at radius 2 is 1.56 bits per heavy atom. The molecule has 5 rings (SSSR count). The van der Waals surface area contributed by atoms with Crippen molar-refractivity contribution in [2.24, 2.45) is 5.92 Å². The molecule has 2 aliphatic heterocycles. The van der Waals surface area contributed by atoms with E-state index in [9.17, 15) is 27.2 Å². The Bertz CT molecular complexity index is 1310. The van der Waals surface area contributed by atoms with Gasteiger partial charge in [0.25, 0.3) is 5.91 Å². The predicted molar refractivity (Wildman–Crippen MR) is 126 cm³/mol. The van der Waals surface area contributed by atoms with Gasteiger partial charge in [-0.05, 0) is 41.3 Å². The molecule has 8 heteroatoms. The zero-order valence-electron chi connectivity index (χ0n) is 19.3. The lowest BCUT2D eigenvalue weighted by Gasteiger charge is -2.32. The maximum Gasteiger partial charge on any atom is 0.416 e. The summed E-state index contributed by atoms with van der Waals surface area (Å²) in [6, 6.07) is 18.3. The minimum atomic E-state index is -4.53. The minimum Gasteiger partial charge on any atom is -0.338 e. The first-order valence-corrected chi connectivity index (χ1v) is 11.8. The molecule has 36 heavy (non-hydrogen) atoms. The fraction of sp³-hybridized carbons (Fsp3) is 0.286. The van der Waals surface area contributed by atoms with Crippen molar-refractivity contribution >= 4 is 11.8 Å². The van der Waals surface area contributed by atoms with Gasteiger partial charge in [-0.2, -0.15) is 13.2 Å². The fourth-order valence-corrected chi connectivity index (χ4v) is 5.23. The van der Waals surface area contributed by atoms with Crippen molar-refractivity contribution in [3.63, 3.8) is 0 Å². The maximum atomic E-state index is 14.3. The average Bonchev–Trinajstić information content (AvgIpc) is 3.33. The lowest BCUT2D eigenvalue weighted by Crippen LogP contribution is -2.42. The molecule has 1 fully saturated rings. The van der Waals surface area contributed by atoms with Crippen molar-refractivity contribution in [3.05, 3.63) is 106 Å². The number of carbonyl (C=O) groups is 2. The Kier molecular flexibility index (Phi) is 6.28. The van der Waals surface area contributed by atoms with Gasteiger partial charge in [0.05, 0.1) is 17.0 Å². The summed E-state index contributed by atoms with van der Waals surface area (Å²) in [5, 5.41) is 0. The Morgan fingerprint density at radius 3 is 2.31 bits per heavy atom. The highest BCUT2D eigenvalue weighted by atomic mass is 19.4. The Hall–Kier alpha value is -3.68. The summed E-state index contributed by atoms with van der Waals surface area (Å²) >= 11 is 0. The van der Waals surface area contributed by atoms with E-state index < -0.39 is 35.3 Å². The Morgan fingerprint density at radius 1 is 0.833 bits per heavy atom. The second-order valence-electron chi connectivity index (χ2n) is 9.30. The first-order chi connectivity index (χ1) is 17.2. The van der Waals surface area contributed by atoms with E-state index in [0.29, 0.717) is 25.1 Å². The lowest BCUT2D eigenvalue weighted by atomic mass is 9.86. The van der Waals surface area contributed by atoms with Crippen LogP contribution in [0.5, 0.6) is 0 Å². The maximum absolute atomic E-state index is 14.3. The summed E-state index contributed by atoms with van der Waals surface area (Å²) < 4.78 is 54.6. The lowest BCUT2D eigenvalue weighted by molar-refractivity contribution is -0.137. The van der Waals surface area contributed by atoms with Crippen molar-refractivity contribution in [1.82, 2.24) is 9.80 Å². The first-order valence-electron chi connectivity index (χ1n) is 11.8. The van der Waals surface area contributed by atoms with Gasteiger partial charge in [0.1, 0.15) is 5.82 Å². The van der Waals surface area contributed by atoms with Crippen LogP contribution in [-0.2, 0) is 23.9 Å². The van der Waals surface area contributed by atoms with Crippen LogP contribution in [-0.4, -0.2) is 41.2 Å². The first kappa shape index (κ1) is 24.0. The third kappa shape index (κ3) is 4.59. The van der Waals surface area contributed by atoms with Crippen LogP contribution in [0.4, 0.5) is 17.6 Å². The molecule has 0 N–H and O–H groups in total. The molecule has 0 spiro atoms. The minimum absolute atomic E-state index is 0.00502. The highest BCUT2D eigenvalue weighted by molar-refractivity contribution is 5.95. The number of amides is 2. The number of fused-ring (bicyclic) bond motifs is 1. The SMILES string of the molecule is O=C(c1ccccc1F)N1CC(C(=O)N2CCc3ccccc3C2)C(c2cccc(C(F)(F)F)c2)C1. The number of benzene rings is 3. The zero-order valence-corrected chi connectivity index (χ0v) is 19.3. The molecule has 0 saturated carbocycles. The molecule has 3 aromatic carbocycles. The predicted octanol–water partition coefficient (Wildman–Crippen LogP) is 5.29. The van der Waals surface area contributed by atoms with E-state index in [1.54, 1.807) is 17.0 Å². The summed E-state index contributed by atoms with van der Waals surface area (Å²) in [4.78, 5) is 30.0. The van der Waals surface area contributed by atoms with Gasteiger partial charge in [0.15, 0.2) is 0 Å². The monoisotopic (exact) mass is 496 g/mol. The van der Waals surface area contributed by atoms with Gasteiger partial charge in [0, 0.05) is 32.1 Å². The number of halogens is 4. The van der Waals surface area contributed by atoms with Gasteiger partial charge in [0.2, 0.25) is 5.91 Å². The number of alkyl halides is 3. The molecule has 3 aromatic rings. The van der Waals surface area contributed by atoms with Gasteiger partial charge < -0.3 is 9.80 Å². The van der Waals surface area contributed by atoms with E-state index in [1.165, 1.54) is 34.7 Å². The van der Waals surface area contributed by atoms with Crippen LogP contribution in [0.3, 0.4) is 0 Å². The van der Waals surface area contributed by atoms with Crippen LogP contribution in [0.1, 0.15) is 38.5 Å². The second-order valence-corrected chi connectivity index (χ2v) is 9.30. The zero-order chi connectivity index (χ0) is 25.4. The molecular formula is C28H24F4N2O2. The molecule has 4 nitrogen and oxygen atoms in total. The van der Waals surface area contributed by atoms with Crippen molar-refractivity contribution < 1.29 is 27.2 Å². The van der Waals surface area contributed by atoms with Crippen LogP contribution < -0.4 is 0 Å². The molecule has 2 atom stereocenters. The van der Waals surface area contributed by atoms with E-state index in [0.717, 1.165) is 17.7 Å². The van der Waals surface area contributed by atoms with Gasteiger partial charge >= 0.3 is 6.18 Å². The standard InChI is InChI=1S/C28H24F4N2O2/c29-25-11-4-3-10-22(25)26(35)34-16-23(19-8-5-9-21(14-19)28(30,31)32)24(17-34)27(36)33-13-12-18-6-1-2-7-20(18)15-33/h1-11,14,23-24H,12-13,15-17H2. The number of likely N-dealkylation sites (tertiary alicyclic amines) is 1.